The third kappa shape index (κ3) is 5.35. The van der Waals surface area contributed by atoms with Crippen molar-refractivity contribution in [3.8, 4) is 0 Å². The van der Waals surface area contributed by atoms with Gasteiger partial charge in [-0.1, -0.05) is 12.8 Å². The number of halogens is 1. The highest BCUT2D eigenvalue weighted by molar-refractivity contribution is 5.85. The minimum Gasteiger partial charge on any atom is -0.353 e. The van der Waals surface area contributed by atoms with Gasteiger partial charge in [0.05, 0.1) is 0 Å². The molecule has 1 aliphatic heterocycles. The maximum atomic E-state index is 12.9. The Balaban J connectivity index is 0.00000243. The van der Waals surface area contributed by atoms with Crippen LogP contribution in [0.1, 0.15) is 71.1 Å². The molecule has 0 aromatic heterocycles. The standard InChI is InChI=1S/C20H35N3O2.ClH/c1-14(21)17-7-4-12-23(13-17)20(25)16-8-10-18(11-9-16)22-19(24)15-5-2-3-6-15;/h14-18H,2-13,21H2,1H3,(H,22,24);1H. The molecule has 3 fully saturated rings. The molecule has 150 valence electrons. The highest BCUT2D eigenvalue weighted by Gasteiger charge is 2.33. The number of piperidine rings is 1. The first kappa shape index (κ1) is 21.5. The van der Waals surface area contributed by atoms with Crippen LogP contribution in [0, 0.1) is 17.8 Å². The molecule has 2 amide bonds. The van der Waals surface area contributed by atoms with Crippen LogP contribution in [0.5, 0.6) is 0 Å². The molecule has 2 atom stereocenters. The van der Waals surface area contributed by atoms with Crippen LogP contribution in [-0.4, -0.2) is 41.9 Å². The summed E-state index contributed by atoms with van der Waals surface area (Å²) in [5.74, 6) is 1.41. The summed E-state index contributed by atoms with van der Waals surface area (Å²) in [4.78, 5) is 27.2. The van der Waals surface area contributed by atoms with Crippen molar-refractivity contribution in [3.63, 3.8) is 0 Å². The first-order chi connectivity index (χ1) is 12.0. The number of nitrogens with zero attached hydrogens (tertiary/aromatic N) is 1. The number of rotatable bonds is 4. The number of likely N-dealkylation sites (tertiary alicyclic amines) is 1. The highest BCUT2D eigenvalue weighted by atomic mass is 35.5. The lowest BCUT2D eigenvalue weighted by Crippen LogP contribution is -2.48. The molecule has 3 rings (SSSR count). The predicted molar refractivity (Wildman–Crippen MR) is 106 cm³/mol. The Morgan fingerprint density at radius 2 is 1.62 bits per heavy atom. The summed E-state index contributed by atoms with van der Waals surface area (Å²) in [6.07, 6.45) is 10.4. The number of hydrogen-bond donors (Lipinski definition) is 2. The number of hydrogen-bond acceptors (Lipinski definition) is 3. The predicted octanol–water partition coefficient (Wildman–Crippen LogP) is 2.86. The van der Waals surface area contributed by atoms with Gasteiger partial charge < -0.3 is 16.0 Å². The van der Waals surface area contributed by atoms with Gasteiger partial charge in [-0.15, -0.1) is 12.4 Å². The molecule has 0 radical (unpaired) electrons. The lowest BCUT2D eigenvalue weighted by Gasteiger charge is -2.38. The normalized spacial score (nSPS) is 31.2. The average molecular weight is 386 g/mol. The van der Waals surface area contributed by atoms with E-state index in [0.717, 1.165) is 64.5 Å². The first-order valence-corrected chi connectivity index (χ1v) is 10.4. The zero-order valence-electron chi connectivity index (χ0n) is 16.1. The molecule has 5 nitrogen and oxygen atoms in total. The molecule has 6 heteroatoms. The minimum absolute atomic E-state index is 0. The van der Waals surface area contributed by atoms with Gasteiger partial charge in [0.25, 0.3) is 0 Å². The van der Waals surface area contributed by atoms with E-state index in [1.54, 1.807) is 0 Å². The van der Waals surface area contributed by atoms with Crippen LogP contribution in [0.4, 0.5) is 0 Å². The second-order valence-electron chi connectivity index (χ2n) is 8.58. The minimum atomic E-state index is 0. The first-order valence-electron chi connectivity index (χ1n) is 10.4. The van der Waals surface area contributed by atoms with Crippen molar-refractivity contribution in [3.05, 3.63) is 0 Å². The highest BCUT2D eigenvalue weighted by Crippen LogP contribution is 2.30. The fourth-order valence-corrected chi connectivity index (χ4v) is 4.89. The summed E-state index contributed by atoms with van der Waals surface area (Å²) in [5, 5.41) is 3.24. The van der Waals surface area contributed by atoms with Crippen LogP contribution < -0.4 is 11.1 Å². The lowest BCUT2D eigenvalue weighted by atomic mass is 9.83. The van der Waals surface area contributed by atoms with Gasteiger partial charge in [-0.2, -0.15) is 0 Å². The van der Waals surface area contributed by atoms with Crippen molar-refractivity contribution >= 4 is 24.2 Å². The zero-order chi connectivity index (χ0) is 17.8. The molecular formula is C20H36ClN3O2. The Kier molecular flexibility index (Phi) is 8.21. The van der Waals surface area contributed by atoms with Crippen LogP contribution in [0.15, 0.2) is 0 Å². The molecule has 3 N–H and O–H groups in total. The fourth-order valence-electron chi connectivity index (χ4n) is 4.89. The van der Waals surface area contributed by atoms with Gasteiger partial charge in [0.1, 0.15) is 0 Å². The van der Waals surface area contributed by atoms with Gasteiger partial charge in [-0.05, 0) is 64.2 Å². The van der Waals surface area contributed by atoms with Crippen LogP contribution >= 0.6 is 12.4 Å². The number of carbonyl (C=O) groups is 2. The molecule has 0 aromatic rings. The molecule has 0 spiro atoms. The molecule has 26 heavy (non-hydrogen) atoms. The van der Waals surface area contributed by atoms with Gasteiger partial charge in [-0.3, -0.25) is 9.59 Å². The Morgan fingerprint density at radius 1 is 0.962 bits per heavy atom. The van der Waals surface area contributed by atoms with E-state index in [-0.39, 0.29) is 42.2 Å². The van der Waals surface area contributed by atoms with Crippen molar-refractivity contribution < 1.29 is 9.59 Å². The Hall–Kier alpha value is -0.810. The molecular weight excluding hydrogens is 350 g/mol. The fraction of sp³-hybridized carbons (Fsp3) is 0.900. The molecule has 0 bridgehead atoms. The largest absolute Gasteiger partial charge is 0.353 e. The van der Waals surface area contributed by atoms with Crippen molar-refractivity contribution in [1.29, 1.82) is 0 Å². The van der Waals surface area contributed by atoms with E-state index in [2.05, 4.69) is 17.1 Å². The molecule has 2 aliphatic carbocycles. The number of nitrogens with one attached hydrogen (secondary N) is 1. The molecule has 0 aromatic carbocycles. The van der Waals surface area contributed by atoms with Gasteiger partial charge in [-0.25, -0.2) is 0 Å². The Bertz CT molecular complexity index is 472. The summed E-state index contributed by atoms with van der Waals surface area (Å²) in [6, 6.07) is 0.437. The van der Waals surface area contributed by atoms with Crippen LogP contribution in [-0.2, 0) is 9.59 Å². The molecule has 1 heterocycles. The third-order valence-corrected chi connectivity index (χ3v) is 6.66. The zero-order valence-corrected chi connectivity index (χ0v) is 16.9. The summed E-state index contributed by atoms with van der Waals surface area (Å²) in [5.41, 5.74) is 6.05. The summed E-state index contributed by atoms with van der Waals surface area (Å²) in [7, 11) is 0. The van der Waals surface area contributed by atoms with E-state index < -0.39 is 0 Å². The van der Waals surface area contributed by atoms with Crippen molar-refractivity contribution in [1.82, 2.24) is 10.2 Å². The van der Waals surface area contributed by atoms with E-state index in [9.17, 15) is 9.59 Å². The van der Waals surface area contributed by atoms with E-state index in [0.29, 0.717) is 11.8 Å². The molecule has 1 saturated heterocycles. The quantitative estimate of drug-likeness (QED) is 0.781. The number of carbonyl (C=O) groups excluding carboxylic acids is 2. The van der Waals surface area contributed by atoms with Crippen LogP contribution in [0.3, 0.4) is 0 Å². The van der Waals surface area contributed by atoms with E-state index in [1.165, 1.54) is 12.8 Å². The maximum absolute atomic E-state index is 12.9. The molecule has 3 aliphatic rings. The third-order valence-electron chi connectivity index (χ3n) is 6.66. The summed E-state index contributed by atoms with van der Waals surface area (Å²) in [6.45, 7) is 3.77. The van der Waals surface area contributed by atoms with Crippen molar-refractivity contribution in [2.75, 3.05) is 13.1 Å². The summed E-state index contributed by atoms with van der Waals surface area (Å²) < 4.78 is 0. The van der Waals surface area contributed by atoms with E-state index >= 15 is 0 Å². The topological polar surface area (TPSA) is 75.4 Å². The van der Waals surface area contributed by atoms with Gasteiger partial charge in [0.2, 0.25) is 11.8 Å². The second kappa shape index (κ2) is 9.93. The molecule has 2 unspecified atom stereocenters. The average Bonchev–Trinajstić information content (AvgIpc) is 3.17. The Morgan fingerprint density at radius 3 is 2.23 bits per heavy atom. The number of nitrogens with two attached hydrogens (primary N) is 1. The summed E-state index contributed by atoms with van der Waals surface area (Å²) >= 11 is 0. The van der Waals surface area contributed by atoms with E-state index in [1.807, 2.05) is 0 Å². The second-order valence-corrected chi connectivity index (χ2v) is 8.58. The van der Waals surface area contributed by atoms with Crippen molar-refractivity contribution in [2.45, 2.75) is 83.2 Å². The smallest absolute Gasteiger partial charge is 0.225 e. The van der Waals surface area contributed by atoms with Gasteiger partial charge in [0, 0.05) is 37.0 Å². The molecule has 2 saturated carbocycles. The van der Waals surface area contributed by atoms with Crippen LogP contribution in [0.25, 0.3) is 0 Å². The SMILES string of the molecule is CC(N)C1CCCN(C(=O)C2CCC(NC(=O)C3CCCC3)CC2)C1.Cl. The van der Waals surface area contributed by atoms with E-state index in [4.69, 9.17) is 5.73 Å². The lowest BCUT2D eigenvalue weighted by molar-refractivity contribution is -0.138. The van der Waals surface area contributed by atoms with Gasteiger partial charge in [0.15, 0.2) is 0 Å². The van der Waals surface area contributed by atoms with Crippen LogP contribution in [0.2, 0.25) is 0 Å². The monoisotopic (exact) mass is 385 g/mol. The Labute approximate surface area is 164 Å². The maximum Gasteiger partial charge on any atom is 0.225 e. The van der Waals surface area contributed by atoms with Gasteiger partial charge >= 0.3 is 0 Å². The number of amides is 2. The van der Waals surface area contributed by atoms with Crippen molar-refractivity contribution in [2.24, 2.45) is 23.5 Å².